The van der Waals surface area contributed by atoms with E-state index >= 15 is 0 Å². The van der Waals surface area contributed by atoms with Crippen LogP contribution in [-0.4, -0.2) is 29.9 Å². The molecule has 7 nitrogen and oxygen atoms in total. The van der Waals surface area contributed by atoms with Gasteiger partial charge in [0, 0.05) is 15.6 Å². The van der Waals surface area contributed by atoms with Gasteiger partial charge in [0.2, 0.25) is 0 Å². The number of carbonyl (C=O) groups excluding carboxylic acids is 1. The van der Waals surface area contributed by atoms with Crippen molar-refractivity contribution < 1.29 is 32.2 Å². The van der Waals surface area contributed by atoms with Crippen molar-refractivity contribution >= 4 is 46.6 Å². The Morgan fingerprint density at radius 2 is 1.73 bits per heavy atom. The van der Waals surface area contributed by atoms with Crippen LogP contribution in [0.25, 0.3) is 6.08 Å². The van der Waals surface area contributed by atoms with Crippen LogP contribution in [0.4, 0.5) is 13.2 Å². The van der Waals surface area contributed by atoms with Crippen LogP contribution in [0.1, 0.15) is 36.6 Å². The molecule has 234 valence electrons. The lowest BCUT2D eigenvalue weighted by Gasteiger charge is -2.26. The van der Waals surface area contributed by atoms with E-state index in [1.54, 1.807) is 31.2 Å². The molecule has 0 N–H and O–H groups in total. The number of allylic oxidation sites excluding steroid dienone is 1. The summed E-state index contributed by atoms with van der Waals surface area (Å²) in [5.74, 6) is -0.391. The summed E-state index contributed by atoms with van der Waals surface area (Å²) in [7, 11) is 0. The average Bonchev–Trinajstić information content (AvgIpc) is 3.31. The molecule has 0 saturated heterocycles. The second-order valence-corrected chi connectivity index (χ2v) is 11.5. The fourth-order valence-corrected chi connectivity index (χ4v) is 6.04. The Balaban J connectivity index is 1.62. The van der Waals surface area contributed by atoms with Crippen molar-refractivity contribution in [1.82, 2.24) is 4.57 Å². The number of carbonyl (C=O) groups is 1. The van der Waals surface area contributed by atoms with Gasteiger partial charge in [0.05, 0.1) is 29.4 Å². The quantitative estimate of drug-likeness (QED) is 0.186. The second-order valence-electron chi connectivity index (χ2n) is 9.63. The summed E-state index contributed by atoms with van der Waals surface area (Å²) < 4.78 is 60.9. The Morgan fingerprint density at radius 3 is 2.40 bits per heavy atom. The molecule has 1 aliphatic rings. The molecule has 0 amide bonds. The Morgan fingerprint density at radius 1 is 1.00 bits per heavy atom. The van der Waals surface area contributed by atoms with Gasteiger partial charge >= 0.3 is 12.1 Å². The van der Waals surface area contributed by atoms with Crippen molar-refractivity contribution in [2.24, 2.45) is 4.99 Å². The van der Waals surface area contributed by atoms with Gasteiger partial charge in [-0.05, 0) is 61.4 Å². The summed E-state index contributed by atoms with van der Waals surface area (Å²) in [4.78, 5) is 30.4. The van der Waals surface area contributed by atoms with Crippen LogP contribution >= 0.6 is 34.5 Å². The van der Waals surface area contributed by atoms with E-state index in [2.05, 4.69) is 4.99 Å². The molecule has 13 heteroatoms. The van der Waals surface area contributed by atoms with Crippen LogP contribution in [0, 0.1) is 0 Å². The minimum Gasteiger partial charge on any atom is -0.490 e. The zero-order valence-electron chi connectivity index (χ0n) is 23.9. The molecule has 4 aromatic rings. The zero-order chi connectivity index (χ0) is 32.3. The Bertz CT molecular complexity index is 1950. The molecule has 0 bridgehead atoms. The molecule has 2 heterocycles. The third-order valence-electron chi connectivity index (χ3n) is 6.69. The van der Waals surface area contributed by atoms with Gasteiger partial charge in [-0.1, -0.05) is 70.9 Å². The molecule has 0 spiro atoms. The molecule has 0 aliphatic carbocycles. The van der Waals surface area contributed by atoms with E-state index in [1.807, 2.05) is 18.2 Å². The number of nitrogens with zero attached hydrogens (tertiary/aromatic N) is 2. The molecular formula is C32H25Cl2F3N2O5S. The van der Waals surface area contributed by atoms with Crippen LogP contribution < -0.4 is 24.4 Å². The van der Waals surface area contributed by atoms with Gasteiger partial charge in [0.15, 0.2) is 22.0 Å². The largest absolute Gasteiger partial charge is 0.490 e. The summed E-state index contributed by atoms with van der Waals surface area (Å²) in [6.07, 6.45) is -3.49. The van der Waals surface area contributed by atoms with Gasteiger partial charge in [-0.25, -0.2) is 9.79 Å². The first-order chi connectivity index (χ1) is 21.5. The van der Waals surface area contributed by atoms with Gasteiger partial charge in [-0.2, -0.15) is 13.2 Å². The van der Waals surface area contributed by atoms with E-state index in [0.29, 0.717) is 33.7 Å². The lowest BCUT2D eigenvalue weighted by atomic mass is 9.95. The van der Waals surface area contributed by atoms with Crippen LogP contribution in [0.5, 0.6) is 11.5 Å². The minimum atomic E-state index is -5.01. The highest BCUT2D eigenvalue weighted by Gasteiger charge is 2.45. The van der Waals surface area contributed by atoms with E-state index in [4.69, 9.17) is 37.4 Å². The number of halogens is 5. The van der Waals surface area contributed by atoms with Gasteiger partial charge in [-0.15, -0.1) is 0 Å². The zero-order valence-corrected chi connectivity index (χ0v) is 26.2. The van der Waals surface area contributed by atoms with Crippen molar-refractivity contribution in [2.75, 3.05) is 13.2 Å². The molecule has 0 fully saturated rings. The van der Waals surface area contributed by atoms with E-state index in [9.17, 15) is 22.8 Å². The molecule has 0 unspecified atom stereocenters. The monoisotopic (exact) mass is 676 g/mol. The lowest BCUT2D eigenvalue weighted by Crippen LogP contribution is -2.41. The maximum Gasteiger partial charge on any atom is 0.434 e. The van der Waals surface area contributed by atoms with Gasteiger partial charge < -0.3 is 14.2 Å². The molecule has 5 rings (SSSR count). The third-order valence-corrected chi connectivity index (χ3v) is 8.29. The summed E-state index contributed by atoms with van der Waals surface area (Å²) in [6.45, 7) is 3.62. The van der Waals surface area contributed by atoms with Crippen molar-refractivity contribution in [2.45, 2.75) is 32.7 Å². The Labute approximate surface area is 269 Å². The van der Waals surface area contributed by atoms with E-state index in [0.717, 1.165) is 21.5 Å². The number of hydrogen-bond acceptors (Lipinski definition) is 7. The lowest BCUT2D eigenvalue weighted by molar-refractivity contribution is -0.140. The first-order valence-corrected chi connectivity index (χ1v) is 15.3. The van der Waals surface area contributed by atoms with Gasteiger partial charge in [0.1, 0.15) is 6.61 Å². The maximum atomic E-state index is 14.3. The van der Waals surface area contributed by atoms with Crippen molar-refractivity contribution in [3.8, 4) is 11.5 Å². The number of benzene rings is 3. The minimum absolute atomic E-state index is 0.0894. The van der Waals surface area contributed by atoms with Gasteiger partial charge in [0.25, 0.3) is 5.56 Å². The number of esters is 1. The summed E-state index contributed by atoms with van der Waals surface area (Å²) in [5, 5.41) is 0.882. The average molecular weight is 678 g/mol. The SMILES string of the molecule is CCOC(=O)C1=C(C(F)(F)F)N=c2s/c(=C\c3ccc(OCc4ccccc4Cl)c(OCC)c3)c(=O)n2[C@@H]1c1ccc(Cl)cc1. The van der Waals surface area contributed by atoms with Crippen LogP contribution in [0.15, 0.2) is 87.8 Å². The fourth-order valence-electron chi connectivity index (χ4n) is 4.73. The number of rotatable bonds is 9. The van der Waals surface area contributed by atoms with E-state index in [-0.39, 0.29) is 28.1 Å². The van der Waals surface area contributed by atoms with Crippen molar-refractivity contribution in [1.29, 1.82) is 0 Å². The van der Waals surface area contributed by atoms with Crippen LogP contribution in [-0.2, 0) is 16.1 Å². The first-order valence-electron chi connectivity index (χ1n) is 13.7. The third kappa shape index (κ3) is 6.95. The molecule has 1 atom stereocenters. The van der Waals surface area contributed by atoms with E-state index < -0.39 is 35.0 Å². The molecule has 1 aliphatic heterocycles. The smallest absolute Gasteiger partial charge is 0.434 e. The molecule has 0 radical (unpaired) electrons. The predicted octanol–water partition coefficient (Wildman–Crippen LogP) is 6.63. The Kier molecular flexibility index (Phi) is 9.71. The van der Waals surface area contributed by atoms with Crippen molar-refractivity contribution in [3.05, 3.63) is 124 Å². The summed E-state index contributed by atoms with van der Waals surface area (Å²) in [6, 6.07) is 16.7. The highest BCUT2D eigenvalue weighted by molar-refractivity contribution is 7.07. The maximum absolute atomic E-state index is 14.3. The molecular weight excluding hydrogens is 652 g/mol. The number of alkyl halides is 3. The highest BCUT2D eigenvalue weighted by atomic mass is 35.5. The van der Waals surface area contributed by atoms with E-state index in [1.165, 1.54) is 37.3 Å². The number of fused-ring (bicyclic) bond motifs is 1. The fraction of sp³-hybridized carbons (Fsp3) is 0.219. The second kappa shape index (κ2) is 13.5. The normalized spacial score (nSPS) is 15.0. The highest BCUT2D eigenvalue weighted by Crippen LogP contribution is 2.38. The number of hydrogen-bond donors (Lipinski definition) is 0. The van der Waals surface area contributed by atoms with Crippen LogP contribution in [0.3, 0.4) is 0 Å². The first kappa shape index (κ1) is 32.3. The molecule has 45 heavy (non-hydrogen) atoms. The number of thiazole rings is 1. The summed E-state index contributed by atoms with van der Waals surface area (Å²) in [5.41, 5.74) is -1.32. The predicted molar refractivity (Wildman–Crippen MR) is 166 cm³/mol. The van der Waals surface area contributed by atoms with Crippen LogP contribution in [0.2, 0.25) is 10.0 Å². The molecule has 3 aromatic carbocycles. The topological polar surface area (TPSA) is 79.1 Å². The molecule has 1 aromatic heterocycles. The number of aromatic nitrogens is 1. The van der Waals surface area contributed by atoms with Crippen molar-refractivity contribution in [3.63, 3.8) is 0 Å². The standard InChI is InChI=1S/C32H25Cl2F3N2O5S/c1-3-42-24-15-18(9-14-23(24)44-17-20-7-5-6-8-22(20)34)16-25-29(40)39-27(19-10-12-21(33)13-11-19)26(30(41)43-4-2)28(32(35,36)37)38-31(39)45-25/h5-16,27H,3-4,17H2,1-2H3/b25-16-/t27-/m1/s1. The number of ether oxygens (including phenoxy) is 3. The Hall–Kier alpha value is -4.06. The van der Waals surface area contributed by atoms with Gasteiger partial charge in [-0.3, -0.25) is 9.36 Å². The summed E-state index contributed by atoms with van der Waals surface area (Å²) >= 11 is 13.0. The molecule has 0 saturated carbocycles.